The van der Waals surface area contributed by atoms with Gasteiger partial charge in [-0.2, -0.15) is 5.10 Å². The van der Waals surface area contributed by atoms with Crippen LogP contribution in [0.3, 0.4) is 0 Å². The van der Waals surface area contributed by atoms with Crippen LogP contribution in [0, 0.1) is 0 Å². The van der Waals surface area contributed by atoms with Gasteiger partial charge in [0.25, 0.3) is 0 Å². The molecule has 6 heterocycles. The van der Waals surface area contributed by atoms with Gasteiger partial charge < -0.3 is 15.2 Å². The van der Waals surface area contributed by atoms with Crippen molar-refractivity contribution < 1.29 is 4.79 Å². The number of pyridine rings is 4. The quantitative estimate of drug-likeness (QED) is 0.322. The first-order chi connectivity index (χ1) is 18.0. The van der Waals surface area contributed by atoms with Crippen molar-refractivity contribution in [2.24, 2.45) is 0 Å². The van der Waals surface area contributed by atoms with E-state index in [1.54, 1.807) is 35.9 Å². The molecule has 0 saturated carbocycles. The van der Waals surface area contributed by atoms with Crippen LogP contribution in [0.1, 0.15) is 0 Å². The highest BCUT2D eigenvalue weighted by Gasteiger charge is 2.17. The molecule has 0 unspecified atom stereocenters. The van der Waals surface area contributed by atoms with Gasteiger partial charge in [0.05, 0.1) is 35.0 Å². The van der Waals surface area contributed by atoms with Gasteiger partial charge >= 0.3 is 0 Å². The number of likely N-dealkylation sites (N-methyl/N-ethyl adjacent to an activating group) is 1. The summed E-state index contributed by atoms with van der Waals surface area (Å²) >= 11 is 0. The Hall–Kier alpha value is -5.03. The Kier molecular flexibility index (Phi) is 5.58. The van der Waals surface area contributed by atoms with E-state index in [9.17, 15) is 4.79 Å². The zero-order valence-corrected chi connectivity index (χ0v) is 20.1. The van der Waals surface area contributed by atoms with Crippen molar-refractivity contribution >= 4 is 33.7 Å². The number of carbonyl (C=O) groups excluding carboxylic acids is 1. The average Bonchev–Trinajstić information content (AvgIpc) is 3.52. The van der Waals surface area contributed by atoms with Gasteiger partial charge in [-0.25, -0.2) is 9.97 Å². The van der Waals surface area contributed by atoms with E-state index in [2.05, 4.69) is 40.4 Å². The van der Waals surface area contributed by atoms with E-state index < -0.39 is 0 Å². The number of nitrogens with zero attached hydrogens (tertiary/aromatic N) is 7. The minimum absolute atomic E-state index is 0.112. The van der Waals surface area contributed by atoms with Gasteiger partial charge in [-0.15, -0.1) is 0 Å². The number of amides is 1. The molecule has 0 spiro atoms. The molecule has 37 heavy (non-hydrogen) atoms. The van der Waals surface area contributed by atoms with Crippen LogP contribution in [0.5, 0.6) is 0 Å². The molecule has 0 aromatic carbocycles. The molecule has 0 atom stereocenters. The summed E-state index contributed by atoms with van der Waals surface area (Å²) in [5.41, 5.74) is 6.50. The Morgan fingerprint density at radius 2 is 1.86 bits per heavy atom. The first-order valence-corrected chi connectivity index (χ1v) is 11.6. The van der Waals surface area contributed by atoms with Crippen LogP contribution in [0.4, 0.5) is 5.69 Å². The Bertz CT molecular complexity index is 1740. The summed E-state index contributed by atoms with van der Waals surface area (Å²) < 4.78 is 0. The second-order valence-corrected chi connectivity index (χ2v) is 8.80. The summed E-state index contributed by atoms with van der Waals surface area (Å²) in [5.74, 6) is 0.479. The van der Waals surface area contributed by atoms with Gasteiger partial charge in [0.1, 0.15) is 16.9 Å². The zero-order chi connectivity index (χ0) is 25.4. The second-order valence-electron chi connectivity index (χ2n) is 8.80. The lowest BCUT2D eigenvalue weighted by Gasteiger charge is -2.10. The number of carbonyl (C=O) groups is 1. The fourth-order valence-electron chi connectivity index (χ4n) is 4.13. The number of aromatic amines is 2. The van der Waals surface area contributed by atoms with E-state index >= 15 is 0 Å². The average molecular weight is 491 g/mol. The molecule has 0 radical (unpaired) electrons. The summed E-state index contributed by atoms with van der Waals surface area (Å²) in [6.45, 7) is 0.283. The molecule has 0 aliphatic rings. The summed E-state index contributed by atoms with van der Waals surface area (Å²) in [4.78, 5) is 39.9. The minimum atomic E-state index is -0.112. The first-order valence-electron chi connectivity index (χ1n) is 11.6. The largest absolute Gasteiger partial charge is 0.336 e. The molecule has 11 nitrogen and oxygen atoms in total. The molecule has 3 N–H and O–H groups in total. The number of hydrogen-bond donors (Lipinski definition) is 3. The van der Waals surface area contributed by atoms with Crippen LogP contribution in [0.25, 0.3) is 56.1 Å². The Balaban J connectivity index is 1.38. The highest BCUT2D eigenvalue weighted by molar-refractivity contribution is 5.96. The fourth-order valence-corrected chi connectivity index (χ4v) is 4.13. The highest BCUT2D eigenvalue weighted by atomic mass is 16.2. The van der Waals surface area contributed by atoms with Crippen LogP contribution < -0.4 is 5.32 Å². The van der Waals surface area contributed by atoms with E-state index in [1.807, 2.05) is 50.5 Å². The van der Waals surface area contributed by atoms with E-state index in [0.717, 1.165) is 27.7 Å². The zero-order valence-electron chi connectivity index (χ0n) is 20.1. The maximum absolute atomic E-state index is 12.2. The van der Waals surface area contributed by atoms with Gasteiger partial charge in [-0.05, 0) is 44.4 Å². The third-order valence-corrected chi connectivity index (χ3v) is 5.76. The van der Waals surface area contributed by atoms with Crippen molar-refractivity contribution in [1.29, 1.82) is 0 Å². The molecule has 0 aliphatic heterocycles. The van der Waals surface area contributed by atoms with Crippen LogP contribution in [0.2, 0.25) is 0 Å². The molecule has 0 aliphatic carbocycles. The van der Waals surface area contributed by atoms with Gasteiger partial charge in [0.15, 0.2) is 11.5 Å². The van der Waals surface area contributed by atoms with E-state index in [-0.39, 0.29) is 12.5 Å². The number of H-pyrrole nitrogens is 2. The lowest BCUT2D eigenvalue weighted by molar-refractivity contribution is -0.116. The molecule has 6 aromatic rings. The third kappa shape index (κ3) is 4.39. The number of anilines is 1. The third-order valence-electron chi connectivity index (χ3n) is 5.76. The number of nitrogens with one attached hydrogen (secondary N) is 3. The SMILES string of the molecule is CN(C)CC(=O)Nc1cncc(-c2cnc3[nH]nc(-c4nc5c(-c6ccccn6)nccc5[nH]4)c3c2)c1. The van der Waals surface area contributed by atoms with Crippen LogP contribution in [0.15, 0.2) is 67.4 Å². The van der Waals surface area contributed by atoms with E-state index in [0.29, 0.717) is 34.1 Å². The summed E-state index contributed by atoms with van der Waals surface area (Å²) in [6.07, 6.45) is 8.56. The number of fused-ring (bicyclic) bond motifs is 2. The predicted octanol–water partition coefficient (Wildman–Crippen LogP) is 3.52. The molecular formula is C26H22N10O. The summed E-state index contributed by atoms with van der Waals surface area (Å²) in [6, 6.07) is 11.4. The fraction of sp³-hybridized carbons (Fsp3) is 0.115. The lowest BCUT2D eigenvalue weighted by atomic mass is 10.1. The summed E-state index contributed by atoms with van der Waals surface area (Å²) in [7, 11) is 3.69. The van der Waals surface area contributed by atoms with Crippen LogP contribution >= 0.6 is 0 Å². The van der Waals surface area contributed by atoms with Gasteiger partial charge in [0.2, 0.25) is 5.91 Å². The standard InChI is InChI=1S/C26H22N10O/c1-36(2)14-21(37)31-17-9-15(11-27-13-17)16-10-18-22(34-35-25(18)30-12-16)26-32-20-6-8-29-23(24(20)33-26)19-5-3-4-7-28-19/h3-13H,14H2,1-2H3,(H,31,37)(H,32,33)(H,30,34,35). The molecule has 6 rings (SSSR count). The van der Waals surface area contributed by atoms with Crippen molar-refractivity contribution in [3.8, 4) is 34.0 Å². The Labute approximate surface area is 211 Å². The molecule has 0 fully saturated rings. The smallest absolute Gasteiger partial charge is 0.238 e. The Morgan fingerprint density at radius 1 is 0.973 bits per heavy atom. The number of rotatable bonds is 6. The Morgan fingerprint density at radius 3 is 2.70 bits per heavy atom. The molecular weight excluding hydrogens is 468 g/mol. The van der Waals surface area contributed by atoms with Crippen molar-refractivity contribution in [3.05, 3.63) is 67.4 Å². The van der Waals surface area contributed by atoms with E-state index in [4.69, 9.17) is 4.98 Å². The van der Waals surface area contributed by atoms with Crippen molar-refractivity contribution in [3.63, 3.8) is 0 Å². The first kappa shape index (κ1) is 22.4. The lowest BCUT2D eigenvalue weighted by Crippen LogP contribution is -2.27. The maximum atomic E-state index is 12.2. The monoisotopic (exact) mass is 490 g/mol. The van der Waals surface area contributed by atoms with Crippen molar-refractivity contribution in [2.45, 2.75) is 0 Å². The molecule has 6 aromatic heterocycles. The van der Waals surface area contributed by atoms with E-state index in [1.165, 1.54) is 0 Å². The van der Waals surface area contributed by atoms with Gasteiger partial charge in [-0.3, -0.25) is 24.8 Å². The number of imidazole rings is 1. The molecule has 182 valence electrons. The van der Waals surface area contributed by atoms with Crippen LogP contribution in [-0.4, -0.2) is 71.5 Å². The van der Waals surface area contributed by atoms with Gasteiger partial charge in [-0.1, -0.05) is 6.07 Å². The number of hydrogen-bond acceptors (Lipinski definition) is 8. The van der Waals surface area contributed by atoms with Crippen molar-refractivity contribution in [2.75, 3.05) is 26.0 Å². The summed E-state index contributed by atoms with van der Waals surface area (Å²) in [5, 5.41) is 11.1. The molecule has 0 bridgehead atoms. The number of aromatic nitrogens is 8. The minimum Gasteiger partial charge on any atom is -0.336 e. The molecule has 0 saturated heterocycles. The highest BCUT2D eigenvalue weighted by Crippen LogP contribution is 2.31. The van der Waals surface area contributed by atoms with Crippen LogP contribution in [-0.2, 0) is 4.79 Å². The maximum Gasteiger partial charge on any atom is 0.238 e. The van der Waals surface area contributed by atoms with Gasteiger partial charge in [0, 0.05) is 35.9 Å². The molecule has 11 heteroatoms. The predicted molar refractivity (Wildman–Crippen MR) is 140 cm³/mol. The molecule has 1 amide bonds. The second kappa shape index (κ2) is 9.21. The topological polar surface area (TPSA) is 141 Å². The normalized spacial score (nSPS) is 11.4. The van der Waals surface area contributed by atoms with Crippen molar-refractivity contribution in [1.82, 2.24) is 45.0 Å².